The van der Waals surface area contributed by atoms with Gasteiger partial charge in [-0.2, -0.15) is 0 Å². The first-order valence-corrected chi connectivity index (χ1v) is 8.05. The van der Waals surface area contributed by atoms with Crippen molar-refractivity contribution in [2.45, 2.75) is 45.6 Å². The molecule has 0 radical (unpaired) electrons. The van der Waals surface area contributed by atoms with Gasteiger partial charge in [-0.05, 0) is 36.5 Å². The average Bonchev–Trinajstić information content (AvgIpc) is 2.51. The Morgan fingerprint density at radius 1 is 1.23 bits per heavy atom. The van der Waals surface area contributed by atoms with Crippen LogP contribution in [0.3, 0.4) is 0 Å². The maximum atomic E-state index is 12.4. The second-order valence-electron chi connectivity index (χ2n) is 6.30. The van der Waals surface area contributed by atoms with E-state index in [0.29, 0.717) is 18.3 Å². The van der Waals surface area contributed by atoms with Gasteiger partial charge in [0, 0.05) is 11.6 Å². The molecule has 1 N–H and O–H groups in total. The molecule has 0 aliphatic heterocycles. The Bertz CT molecular complexity index is 515. The minimum Gasteiger partial charge on any atom is -0.497 e. The number of hydrogen-bond acceptors (Lipinski definition) is 3. The summed E-state index contributed by atoms with van der Waals surface area (Å²) in [4.78, 5) is 12.4. The van der Waals surface area contributed by atoms with Gasteiger partial charge in [0.25, 0.3) is 0 Å². The second kappa shape index (κ2) is 7.52. The van der Waals surface area contributed by atoms with E-state index in [9.17, 15) is 4.79 Å². The number of carbonyl (C=O) groups is 1. The minimum atomic E-state index is 0.0532. The molecule has 4 heteroatoms. The molecule has 0 bridgehead atoms. The van der Waals surface area contributed by atoms with Crippen LogP contribution in [0, 0.1) is 11.8 Å². The van der Waals surface area contributed by atoms with Crippen molar-refractivity contribution < 1.29 is 14.3 Å². The Labute approximate surface area is 133 Å². The monoisotopic (exact) mass is 305 g/mol. The molecule has 1 saturated carbocycles. The Morgan fingerprint density at radius 3 is 2.68 bits per heavy atom. The fraction of sp³-hybridized carbons (Fsp3) is 0.611. The first kappa shape index (κ1) is 16.7. The second-order valence-corrected chi connectivity index (χ2v) is 6.30. The smallest absolute Gasteiger partial charge is 0.224 e. The molecule has 3 atom stereocenters. The fourth-order valence-electron chi connectivity index (χ4n) is 3.24. The number of carbonyl (C=O) groups excluding carboxylic acids is 1. The highest BCUT2D eigenvalue weighted by molar-refractivity contribution is 5.79. The zero-order chi connectivity index (χ0) is 16.1. The highest BCUT2D eigenvalue weighted by Gasteiger charge is 2.28. The van der Waals surface area contributed by atoms with Crippen LogP contribution >= 0.6 is 0 Å². The van der Waals surface area contributed by atoms with Gasteiger partial charge in [0.2, 0.25) is 5.91 Å². The molecule has 2 rings (SSSR count). The number of ether oxygens (including phenoxy) is 2. The highest BCUT2D eigenvalue weighted by Crippen LogP contribution is 2.30. The molecule has 0 heterocycles. The van der Waals surface area contributed by atoms with E-state index in [2.05, 4.69) is 19.2 Å². The predicted octanol–water partition coefficient (Wildman–Crippen LogP) is 3.19. The van der Waals surface area contributed by atoms with Crippen LogP contribution in [0.25, 0.3) is 0 Å². The van der Waals surface area contributed by atoms with Crippen LogP contribution < -0.4 is 14.8 Å². The Balaban J connectivity index is 2.02. The SMILES string of the molecule is COc1ccc(OC)c(CC(=O)NC2CCCC(C)C2C)c1. The molecular formula is C18H27NO3. The molecule has 1 aliphatic carbocycles. The van der Waals surface area contributed by atoms with E-state index in [0.717, 1.165) is 23.5 Å². The summed E-state index contributed by atoms with van der Waals surface area (Å²) in [7, 11) is 3.24. The number of rotatable bonds is 5. The van der Waals surface area contributed by atoms with Crippen LogP contribution in [-0.2, 0) is 11.2 Å². The molecule has 3 unspecified atom stereocenters. The molecule has 0 spiro atoms. The molecule has 22 heavy (non-hydrogen) atoms. The van der Waals surface area contributed by atoms with Gasteiger partial charge in [-0.15, -0.1) is 0 Å². The molecule has 122 valence electrons. The number of nitrogens with one attached hydrogen (secondary N) is 1. The van der Waals surface area contributed by atoms with Gasteiger partial charge in [-0.3, -0.25) is 4.79 Å². The standard InChI is InChI=1S/C18H27NO3/c1-12-6-5-7-16(13(12)2)19-18(20)11-14-10-15(21-3)8-9-17(14)22-4/h8-10,12-13,16H,5-7,11H2,1-4H3,(H,19,20). The van der Waals surface area contributed by atoms with E-state index >= 15 is 0 Å². The zero-order valence-corrected chi connectivity index (χ0v) is 14.0. The van der Waals surface area contributed by atoms with E-state index in [-0.39, 0.29) is 11.9 Å². The first-order chi connectivity index (χ1) is 10.5. The van der Waals surface area contributed by atoms with Crippen LogP contribution in [-0.4, -0.2) is 26.2 Å². The summed E-state index contributed by atoms with van der Waals surface area (Å²) in [5.74, 6) is 2.72. The van der Waals surface area contributed by atoms with Gasteiger partial charge in [-0.25, -0.2) is 0 Å². The molecule has 0 saturated heterocycles. The summed E-state index contributed by atoms with van der Waals surface area (Å²) in [6, 6.07) is 5.83. The van der Waals surface area contributed by atoms with Crippen LogP contribution in [0.1, 0.15) is 38.7 Å². The maximum Gasteiger partial charge on any atom is 0.224 e. The Hall–Kier alpha value is -1.71. The largest absolute Gasteiger partial charge is 0.497 e. The summed E-state index contributed by atoms with van der Waals surface area (Å²) >= 11 is 0. The predicted molar refractivity (Wildman–Crippen MR) is 87.4 cm³/mol. The Kier molecular flexibility index (Phi) is 5.69. The first-order valence-electron chi connectivity index (χ1n) is 8.05. The van der Waals surface area contributed by atoms with E-state index in [1.54, 1.807) is 14.2 Å². The molecule has 1 amide bonds. The topological polar surface area (TPSA) is 47.6 Å². The molecule has 1 aromatic carbocycles. The van der Waals surface area contributed by atoms with Crippen molar-refractivity contribution in [3.8, 4) is 11.5 Å². The van der Waals surface area contributed by atoms with Crippen molar-refractivity contribution >= 4 is 5.91 Å². The average molecular weight is 305 g/mol. The lowest BCUT2D eigenvalue weighted by Crippen LogP contribution is -2.44. The van der Waals surface area contributed by atoms with Gasteiger partial charge in [0.05, 0.1) is 20.6 Å². The highest BCUT2D eigenvalue weighted by atomic mass is 16.5. The van der Waals surface area contributed by atoms with E-state index < -0.39 is 0 Å². The summed E-state index contributed by atoms with van der Waals surface area (Å²) in [5, 5.41) is 3.20. The summed E-state index contributed by atoms with van der Waals surface area (Å²) in [6.07, 6.45) is 3.85. The van der Waals surface area contributed by atoms with E-state index in [4.69, 9.17) is 9.47 Å². The van der Waals surface area contributed by atoms with Gasteiger partial charge < -0.3 is 14.8 Å². The third-order valence-corrected chi connectivity index (χ3v) is 4.89. The minimum absolute atomic E-state index is 0.0532. The fourth-order valence-corrected chi connectivity index (χ4v) is 3.24. The molecule has 1 aromatic rings. The van der Waals surface area contributed by atoms with Crippen molar-refractivity contribution in [2.24, 2.45) is 11.8 Å². The van der Waals surface area contributed by atoms with Crippen molar-refractivity contribution in [3.05, 3.63) is 23.8 Å². The van der Waals surface area contributed by atoms with Crippen LogP contribution in [0.5, 0.6) is 11.5 Å². The summed E-state index contributed by atoms with van der Waals surface area (Å²) < 4.78 is 10.6. The molecule has 1 fully saturated rings. The number of methoxy groups -OCH3 is 2. The third-order valence-electron chi connectivity index (χ3n) is 4.89. The van der Waals surface area contributed by atoms with Gasteiger partial charge >= 0.3 is 0 Å². The van der Waals surface area contributed by atoms with Crippen LogP contribution in [0.4, 0.5) is 0 Å². The van der Waals surface area contributed by atoms with Gasteiger partial charge in [-0.1, -0.05) is 26.7 Å². The van der Waals surface area contributed by atoms with Crippen molar-refractivity contribution in [2.75, 3.05) is 14.2 Å². The lowest BCUT2D eigenvalue weighted by molar-refractivity contribution is -0.121. The zero-order valence-electron chi connectivity index (χ0n) is 14.0. The third kappa shape index (κ3) is 3.93. The normalized spacial score (nSPS) is 24.6. The van der Waals surface area contributed by atoms with E-state index in [1.807, 2.05) is 18.2 Å². The van der Waals surface area contributed by atoms with Crippen molar-refractivity contribution in [3.63, 3.8) is 0 Å². The molecular weight excluding hydrogens is 278 g/mol. The molecule has 0 aromatic heterocycles. The maximum absolute atomic E-state index is 12.4. The van der Waals surface area contributed by atoms with Crippen molar-refractivity contribution in [1.82, 2.24) is 5.32 Å². The lowest BCUT2D eigenvalue weighted by Gasteiger charge is -2.34. The van der Waals surface area contributed by atoms with E-state index in [1.165, 1.54) is 12.8 Å². The van der Waals surface area contributed by atoms with Gasteiger partial charge in [0.1, 0.15) is 11.5 Å². The summed E-state index contributed by atoms with van der Waals surface area (Å²) in [5.41, 5.74) is 0.857. The lowest BCUT2D eigenvalue weighted by atomic mass is 9.78. The molecule has 4 nitrogen and oxygen atoms in total. The Morgan fingerprint density at radius 2 is 2.00 bits per heavy atom. The molecule has 1 aliphatic rings. The number of amides is 1. The summed E-state index contributed by atoms with van der Waals surface area (Å²) in [6.45, 7) is 4.51. The number of hydrogen-bond donors (Lipinski definition) is 1. The van der Waals surface area contributed by atoms with Crippen LogP contribution in [0.15, 0.2) is 18.2 Å². The number of benzene rings is 1. The van der Waals surface area contributed by atoms with Crippen molar-refractivity contribution in [1.29, 1.82) is 0 Å². The quantitative estimate of drug-likeness (QED) is 0.909. The van der Waals surface area contributed by atoms with Gasteiger partial charge in [0.15, 0.2) is 0 Å². The van der Waals surface area contributed by atoms with Crippen LogP contribution in [0.2, 0.25) is 0 Å².